The van der Waals surface area contributed by atoms with Crippen LogP contribution >= 0.6 is 0 Å². The molecule has 0 aromatic heterocycles. The normalized spacial score (nSPS) is 31.8. The quantitative estimate of drug-likeness (QED) is 0.186. The Balaban J connectivity index is 1.60. The topological polar surface area (TPSA) is 109 Å². The van der Waals surface area contributed by atoms with Gasteiger partial charge in [0.05, 0.1) is 31.3 Å². The van der Waals surface area contributed by atoms with Crippen LogP contribution < -0.4 is 0 Å². The molecule has 1 spiro atoms. The summed E-state index contributed by atoms with van der Waals surface area (Å²) >= 11 is 0. The fourth-order valence-corrected chi connectivity index (χ4v) is 6.89. The van der Waals surface area contributed by atoms with Gasteiger partial charge in [-0.2, -0.15) is 0 Å². The van der Waals surface area contributed by atoms with Gasteiger partial charge in [0, 0.05) is 45.9 Å². The first-order valence-electron chi connectivity index (χ1n) is 14.4. The number of allylic oxidation sites excluding steroid dienone is 1. The average Bonchev–Trinajstić information content (AvgIpc) is 3.50. The van der Waals surface area contributed by atoms with E-state index in [2.05, 4.69) is 18.1 Å². The van der Waals surface area contributed by atoms with Crippen LogP contribution in [0.15, 0.2) is 25.3 Å². The van der Waals surface area contributed by atoms with Crippen molar-refractivity contribution in [3.63, 3.8) is 0 Å². The number of unbranched alkanes of at least 4 members (excludes halogenated alkanes) is 2. The van der Waals surface area contributed by atoms with Crippen molar-refractivity contribution in [3.8, 4) is 0 Å². The second-order valence-electron chi connectivity index (χ2n) is 11.3. The Morgan fingerprint density at radius 3 is 2.62 bits per heavy atom. The predicted octanol–water partition coefficient (Wildman–Crippen LogP) is 1.38. The zero-order valence-electron chi connectivity index (χ0n) is 23.4. The predicted molar refractivity (Wildman–Crippen MR) is 145 cm³/mol. The molecule has 0 aromatic rings. The highest BCUT2D eigenvalue weighted by atomic mass is 16.6. The highest BCUT2D eigenvalue weighted by Gasteiger charge is 2.78. The molecule has 4 aliphatic rings. The first-order valence-corrected chi connectivity index (χ1v) is 14.4. The van der Waals surface area contributed by atoms with Crippen LogP contribution in [0.1, 0.15) is 45.4 Å². The molecule has 2 amide bonds. The molecule has 1 N–H and O–H groups in total. The highest BCUT2D eigenvalue weighted by molar-refractivity contribution is 5.98. The number of fused-ring (bicyclic) bond motifs is 1. The number of amides is 2. The highest BCUT2D eigenvalue weighted by Crippen LogP contribution is 2.63. The summed E-state index contributed by atoms with van der Waals surface area (Å²) in [5.41, 5.74) is -1.94. The Kier molecular flexibility index (Phi) is 9.85. The number of hydrogen-bond acceptors (Lipinski definition) is 8. The van der Waals surface area contributed by atoms with E-state index in [0.717, 1.165) is 19.5 Å². The van der Waals surface area contributed by atoms with Crippen LogP contribution in [0, 0.1) is 11.8 Å². The first-order chi connectivity index (χ1) is 18.8. The number of carbonyl (C=O) groups is 3. The molecule has 4 rings (SSSR count). The molecule has 2 bridgehead atoms. The fraction of sp³-hybridized carbons (Fsp3) is 0.759. The van der Waals surface area contributed by atoms with E-state index in [1.807, 2.05) is 6.92 Å². The molecular formula is C29H45N3O7. The van der Waals surface area contributed by atoms with Crippen molar-refractivity contribution in [1.82, 2.24) is 14.7 Å². The molecule has 2 unspecified atom stereocenters. The van der Waals surface area contributed by atoms with Crippen LogP contribution in [-0.4, -0.2) is 121 Å². The zero-order valence-corrected chi connectivity index (χ0v) is 23.4. The van der Waals surface area contributed by atoms with Crippen molar-refractivity contribution in [2.45, 2.75) is 62.7 Å². The number of aliphatic hydroxyl groups excluding tert-OH is 1. The molecular weight excluding hydrogens is 502 g/mol. The summed E-state index contributed by atoms with van der Waals surface area (Å²) < 4.78 is 17.7. The lowest BCUT2D eigenvalue weighted by molar-refractivity contribution is -0.160. The monoisotopic (exact) mass is 547 g/mol. The summed E-state index contributed by atoms with van der Waals surface area (Å²) in [6, 6.07) is -0.835. The molecule has 0 radical (unpaired) electrons. The van der Waals surface area contributed by atoms with Crippen LogP contribution in [0.3, 0.4) is 0 Å². The number of hydrogen-bond donors (Lipinski definition) is 1. The van der Waals surface area contributed by atoms with Crippen molar-refractivity contribution in [2.24, 2.45) is 11.8 Å². The number of morpholine rings is 1. The van der Waals surface area contributed by atoms with Gasteiger partial charge in [0.2, 0.25) is 11.8 Å². The van der Waals surface area contributed by atoms with Gasteiger partial charge < -0.3 is 29.1 Å². The third-order valence-corrected chi connectivity index (χ3v) is 8.82. The molecule has 4 heterocycles. The Hall–Kier alpha value is -2.27. The Morgan fingerprint density at radius 2 is 1.92 bits per heavy atom. The van der Waals surface area contributed by atoms with Gasteiger partial charge in [0.25, 0.3) is 0 Å². The molecule has 10 heteroatoms. The summed E-state index contributed by atoms with van der Waals surface area (Å²) in [5, 5.41) is 9.37. The number of rotatable bonds is 15. The van der Waals surface area contributed by atoms with E-state index < -0.39 is 35.0 Å². The van der Waals surface area contributed by atoms with Crippen LogP contribution in [-0.2, 0) is 28.6 Å². The molecule has 4 fully saturated rings. The van der Waals surface area contributed by atoms with Crippen molar-refractivity contribution in [1.29, 1.82) is 0 Å². The van der Waals surface area contributed by atoms with Gasteiger partial charge in [0.15, 0.2) is 0 Å². The molecule has 4 aliphatic heterocycles. The molecule has 5 atom stereocenters. The first kappa shape index (κ1) is 29.7. The van der Waals surface area contributed by atoms with Crippen LogP contribution in [0.5, 0.6) is 0 Å². The molecule has 4 saturated heterocycles. The van der Waals surface area contributed by atoms with Crippen molar-refractivity contribution in [2.75, 3.05) is 65.7 Å². The third kappa shape index (κ3) is 5.80. The van der Waals surface area contributed by atoms with Gasteiger partial charge in [-0.25, -0.2) is 0 Å². The number of ether oxygens (including phenoxy) is 3. The van der Waals surface area contributed by atoms with Gasteiger partial charge in [-0.3, -0.25) is 19.3 Å². The number of esters is 1. The largest absolute Gasteiger partial charge is 0.465 e. The lowest BCUT2D eigenvalue weighted by Crippen LogP contribution is -2.57. The maximum Gasteiger partial charge on any atom is 0.312 e. The minimum absolute atomic E-state index is 0.00554. The Labute approximate surface area is 231 Å². The van der Waals surface area contributed by atoms with E-state index in [4.69, 9.17) is 14.2 Å². The molecule has 10 nitrogen and oxygen atoms in total. The molecule has 0 saturated carbocycles. The summed E-state index contributed by atoms with van der Waals surface area (Å²) in [7, 11) is 0. The van der Waals surface area contributed by atoms with Crippen LogP contribution in [0.4, 0.5) is 0 Å². The van der Waals surface area contributed by atoms with Crippen molar-refractivity contribution in [3.05, 3.63) is 25.3 Å². The minimum Gasteiger partial charge on any atom is -0.465 e. The van der Waals surface area contributed by atoms with Gasteiger partial charge in [0.1, 0.15) is 17.6 Å². The lowest BCUT2D eigenvalue weighted by Gasteiger charge is -2.37. The lowest BCUT2D eigenvalue weighted by atomic mass is 9.66. The standard InChI is InChI=1S/C29H45N3O7/c1-4-6-9-19-38-27(36)23-22-25(34)32(13-7-8-18-33)24(29(22)11-10-28(23,3)39-29)26(35)31(12-5-2)15-14-30-16-20-37-21-17-30/h4-5,22-24,33H,1-2,6-21H2,3H3/t22-,23+,24?,28-,29?/m0/s1. The van der Waals surface area contributed by atoms with E-state index in [9.17, 15) is 19.5 Å². The summed E-state index contributed by atoms with van der Waals surface area (Å²) in [6.45, 7) is 14.5. The summed E-state index contributed by atoms with van der Waals surface area (Å²) in [4.78, 5) is 47.4. The second-order valence-corrected chi connectivity index (χ2v) is 11.3. The fourth-order valence-electron chi connectivity index (χ4n) is 6.89. The number of carbonyl (C=O) groups excluding carboxylic acids is 3. The van der Waals surface area contributed by atoms with Gasteiger partial charge in [-0.1, -0.05) is 12.2 Å². The molecule has 0 aromatic carbocycles. The van der Waals surface area contributed by atoms with E-state index in [-0.39, 0.29) is 25.0 Å². The number of likely N-dealkylation sites (tertiary alicyclic amines) is 1. The zero-order chi connectivity index (χ0) is 28.0. The third-order valence-electron chi connectivity index (χ3n) is 8.82. The van der Waals surface area contributed by atoms with Crippen molar-refractivity contribution < 1.29 is 33.7 Å². The smallest absolute Gasteiger partial charge is 0.312 e. The minimum atomic E-state index is -1.08. The average molecular weight is 548 g/mol. The summed E-state index contributed by atoms with van der Waals surface area (Å²) in [5.74, 6) is -2.36. The van der Waals surface area contributed by atoms with E-state index in [1.54, 1.807) is 22.0 Å². The molecule has 0 aliphatic carbocycles. The second kappa shape index (κ2) is 12.9. The van der Waals surface area contributed by atoms with Gasteiger partial charge in [-0.15, -0.1) is 13.2 Å². The summed E-state index contributed by atoms with van der Waals surface area (Å²) in [6.07, 6.45) is 7.05. The van der Waals surface area contributed by atoms with E-state index in [1.165, 1.54) is 0 Å². The van der Waals surface area contributed by atoms with E-state index in [0.29, 0.717) is 71.5 Å². The van der Waals surface area contributed by atoms with Crippen LogP contribution in [0.25, 0.3) is 0 Å². The maximum absolute atomic E-state index is 14.3. The SMILES string of the molecule is C=CCCCOC(=O)[C@H]1[C@H]2C(=O)N(CCCCO)C(C(=O)N(CC=C)CCN3CCOCC3)C23CC[C@]1(C)O3. The van der Waals surface area contributed by atoms with E-state index >= 15 is 0 Å². The number of aliphatic hydroxyl groups is 1. The maximum atomic E-state index is 14.3. The molecule has 218 valence electrons. The Morgan fingerprint density at radius 1 is 1.15 bits per heavy atom. The van der Waals surface area contributed by atoms with Crippen LogP contribution in [0.2, 0.25) is 0 Å². The van der Waals surface area contributed by atoms with Crippen molar-refractivity contribution >= 4 is 17.8 Å². The Bertz CT molecular complexity index is 923. The molecule has 39 heavy (non-hydrogen) atoms. The number of nitrogens with zero attached hydrogens (tertiary/aromatic N) is 3. The van der Waals surface area contributed by atoms with Gasteiger partial charge in [-0.05, 0) is 45.4 Å². The van der Waals surface area contributed by atoms with Gasteiger partial charge >= 0.3 is 5.97 Å².